The van der Waals surface area contributed by atoms with Gasteiger partial charge in [-0.1, -0.05) is 30.3 Å². The van der Waals surface area contributed by atoms with Gasteiger partial charge < -0.3 is 9.64 Å². The Morgan fingerprint density at radius 2 is 1.84 bits per heavy atom. The summed E-state index contributed by atoms with van der Waals surface area (Å²) in [7, 11) is 1.48. The molecule has 0 unspecified atom stereocenters. The van der Waals surface area contributed by atoms with Crippen molar-refractivity contribution < 1.29 is 13.9 Å². The van der Waals surface area contributed by atoms with Gasteiger partial charge in [0.05, 0.1) is 17.3 Å². The summed E-state index contributed by atoms with van der Waals surface area (Å²) in [5.74, 6) is -0.465. The second-order valence-electron chi connectivity index (χ2n) is 7.24. The average Bonchev–Trinajstić information content (AvgIpc) is 3.45. The maximum atomic E-state index is 14.2. The summed E-state index contributed by atoms with van der Waals surface area (Å²) in [6.07, 6.45) is 3.19. The molecule has 0 aliphatic carbocycles. The SMILES string of the molecule is COc1ccccc1-n1c(=O)/c(=C\c2ccccc2F)s/c1=C(/C#N)C(=O)N1CCCC1. The first kappa shape index (κ1) is 21.5. The molecule has 1 aromatic heterocycles. The third-order valence-electron chi connectivity index (χ3n) is 5.27. The van der Waals surface area contributed by atoms with Crippen LogP contribution in [0.2, 0.25) is 0 Å². The van der Waals surface area contributed by atoms with Gasteiger partial charge in [-0.05, 0) is 37.1 Å². The third-order valence-corrected chi connectivity index (χ3v) is 6.37. The van der Waals surface area contributed by atoms with Gasteiger partial charge in [-0.3, -0.25) is 14.2 Å². The molecular formula is C24H20FN3O3S. The molecule has 0 radical (unpaired) electrons. The minimum Gasteiger partial charge on any atom is -0.495 e. The topological polar surface area (TPSA) is 75.3 Å². The molecule has 32 heavy (non-hydrogen) atoms. The van der Waals surface area contributed by atoms with Gasteiger partial charge in [0.1, 0.15) is 22.3 Å². The van der Waals surface area contributed by atoms with Crippen LogP contribution in [-0.4, -0.2) is 35.6 Å². The summed E-state index contributed by atoms with van der Waals surface area (Å²) in [4.78, 5) is 28.2. The van der Waals surface area contributed by atoms with Crippen molar-refractivity contribution in [3.63, 3.8) is 0 Å². The number of hydrogen-bond donors (Lipinski definition) is 0. The van der Waals surface area contributed by atoms with E-state index in [0.29, 0.717) is 24.5 Å². The van der Waals surface area contributed by atoms with Gasteiger partial charge in [0.2, 0.25) is 0 Å². The molecule has 3 aromatic rings. The Kier molecular flexibility index (Phi) is 6.19. The Bertz CT molecular complexity index is 1390. The number of halogens is 1. The zero-order valence-electron chi connectivity index (χ0n) is 17.4. The van der Waals surface area contributed by atoms with Crippen LogP contribution in [0, 0.1) is 17.1 Å². The average molecular weight is 450 g/mol. The molecule has 0 N–H and O–H groups in total. The fourth-order valence-corrected chi connectivity index (χ4v) is 4.76. The molecule has 0 spiro atoms. The molecule has 1 saturated heterocycles. The van der Waals surface area contributed by atoms with Crippen LogP contribution in [0.1, 0.15) is 18.4 Å². The second-order valence-corrected chi connectivity index (χ2v) is 8.27. The Balaban J connectivity index is 2.07. The van der Waals surface area contributed by atoms with Crippen LogP contribution in [0.15, 0.2) is 53.3 Å². The molecular weight excluding hydrogens is 429 g/mol. The molecule has 2 aromatic carbocycles. The number of aromatic nitrogens is 1. The Labute approximate surface area is 187 Å². The predicted molar refractivity (Wildman–Crippen MR) is 121 cm³/mol. The van der Waals surface area contributed by atoms with Crippen molar-refractivity contribution in [3.05, 3.63) is 79.5 Å². The number of nitrogens with zero attached hydrogens (tertiary/aromatic N) is 3. The molecule has 1 fully saturated rings. The number of hydrogen-bond acceptors (Lipinski definition) is 5. The van der Waals surface area contributed by atoms with Crippen molar-refractivity contribution in [1.29, 1.82) is 5.26 Å². The van der Waals surface area contributed by atoms with Gasteiger partial charge in [-0.2, -0.15) is 5.26 Å². The Morgan fingerprint density at radius 3 is 2.53 bits per heavy atom. The van der Waals surface area contributed by atoms with E-state index in [4.69, 9.17) is 4.74 Å². The fourth-order valence-electron chi connectivity index (χ4n) is 3.68. The highest BCUT2D eigenvalue weighted by molar-refractivity contribution is 7.07. The summed E-state index contributed by atoms with van der Waals surface area (Å²) in [6, 6.07) is 15.0. The summed E-state index contributed by atoms with van der Waals surface area (Å²) in [6.45, 7) is 1.14. The first-order chi connectivity index (χ1) is 15.5. The molecule has 1 amide bonds. The highest BCUT2D eigenvalue weighted by Gasteiger charge is 2.25. The van der Waals surface area contributed by atoms with Gasteiger partial charge in [-0.25, -0.2) is 4.39 Å². The molecule has 6 nitrogen and oxygen atoms in total. The van der Waals surface area contributed by atoms with Crippen molar-refractivity contribution in [2.75, 3.05) is 20.2 Å². The summed E-state index contributed by atoms with van der Waals surface area (Å²) in [5, 5.41) is 9.90. The number of carbonyl (C=O) groups is 1. The molecule has 2 heterocycles. The maximum Gasteiger partial charge on any atom is 0.273 e. The van der Waals surface area contributed by atoms with Crippen LogP contribution in [0.3, 0.4) is 0 Å². The molecule has 0 bridgehead atoms. The smallest absolute Gasteiger partial charge is 0.273 e. The van der Waals surface area contributed by atoms with Crippen molar-refractivity contribution in [2.45, 2.75) is 12.8 Å². The minimum absolute atomic E-state index is 0.118. The van der Waals surface area contributed by atoms with E-state index in [2.05, 4.69) is 0 Å². The molecule has 1 aliphatic heterocycles. The Morgan fingerprint density at radius 1 is 1.16 bits per heavy atom. The number of ether oxygens (including phenoxy) is 1. The largest absolute Gasteiger partial charge is 0.495 e. The van der Waals surface area contributed by atoms with Crippen LogP contribution in [0.4, 0.5) is 4.39 Å². The second kappa shape index (κ2) is 9.20. The third kappa shape index (κ3) is 3.95. The molecule has 0 saturated carbocycles. The van der Waals surface area contributed by atoms with Crippen LogP contribution < -0.4 is 19.5 Å². The van der Waals surface area contributed by atoms with Crippen LogP contribution >= 0.6 is 11.3 Å². The monoisotopic (exact) mass is 449 g/mol. The number of nitriles is 1. The fraction of sp³-hybridized carbons (Fsp3) is 0.208. The van der Waals surface area contributed by atoms with Gasteiger partial charge in [0.25, 0.3) is 11.5 Å². The van der Waals surface area contributed by atoms with E-state index >= 15 is 0 Å². The zero-order valence-corrected chi connectivity index (χ0v) is 18.2. The highest BCUT2D eigenvalue weighted by atomic mass is 32.1. The number of carbonyl (C=O) groups excluding carboxylic acids is 1. The van der Waals surface area contributed by atoms with Gasteiger partial charge in [-0.15, -0.1) is 11.3 Å². The van der Waals surface area contributed by atoms with Crippen molar-refractivity contribution in [3.8, 4) is 17.5 Å². The van der Waals surface area contributed by atoms with E-state index in [1.807, 2.05) is 6.07 Å². The molecule has 4 rings (SSSR count). The van der Waals surface area contributed by atoms with Crippen LogP contribution in [0.5, 0.6) is 5.75 Å². The van der Waals surface area contributed by atoms with E-state index in [9.17, 15) is 19.2 Å². The lowest BCUT2D eigenvalue weighted by Gasteiger charge is -2.14. The van der Waals surface area contributed by atoms with Crippen LogP contribution in [-0.2, 0) is 4.79 Å². The number of para-hydroxylation sites is 2. The lowest BCUT2D eigenvalue weighted by atomic mass is 10.2. The highest BCUT2D eigenvalue weighted by Crippen LogP contribution is 2.20. The molecule has 1 aliphatic rings. The van der Waals surface area contributed by atoms with Crippen LogP contribution in [0.25, 0.3) is 17.3 Å². The lowest BCUT2D eigenvalue weighted by molar-refractivity contribution is -0.123. The van der Waals surface area contributed by atoms with E-state index in [1.54, 1.807) is 47.4 Å². The predicted octanol–water partition coefficient (Wildman–Crippen LogP) is 2.17. The molecule has 0 atom stereocenters. The molecule has 8 heteroatoms. The van der Waals surface area contributed by atoms with Crippen molar-refractivity contribution >= 4 is 28.9 Å². The van der Waals surface area contributed by atoms with Gasteiger partial charge in [0.15, 0.2) is 5.57 Å². The molecule has 162 valence electrons. The van der Waals surface area contributed by atoms with E-state index < -0.39 is 17.3 Å². The summed E-state index contributed by atoms with van der Waals surface area (Å²) >= 11 is 0.989. The van der Waals surface area contributed by atoms with E-state index in [1.165, 1.54) is 23.8 Å². The quantitative estimate of drug-likeness (QED) is 0.612. The number of likely N-dealkylation sites (tertiary alicyclic amines) is 1. The number of methoxy groups -OCH3 is 1. The number of benzene rings is 2. The first-order valence-electron chi connectivity index (χ1n) is 10.1. The first-order valence-corrected chi connectivity index (χ1v) is 10.9. The van der Waals surface area contributed by atoms with Crippen molar-refractivity contribution in [1.82, 2.24) is 9.47 Å². The van der Waals surface area contributed by atoms with Gasteiger partial charge >= 0.3 is 0 Å². The number of thiazole rings is 1. The lowest BCUT2D eigenvalue weighted by Crippen LogP contribution is -2.35. The maximum absolute atomic E-state index is 14.2. The van der Waals surface area contributed by atoms with E-state index in [0.717, 1.165) is 24.2 Å². The standard InChI is InChI=1S/C24H20FN3O3S/c1-31-20-11-5-4-10-19(20)28-23(30)21(14-16-8-2-3-9-18(16)25)32-24(28)17(15-26)22(29)27-12-6-7-13-27/h2-5,8-11,14H,6-7,12-13H2,1H3/b21-14+,24-17-. The Hall–Kier alpha value is -3.70. The number of rotatable bonds is 4. The summed E-state index contributed by atoms with van der Waals surface area (Å²) in [5.41, 5.74) is 0.0724. The number of amides is 1. The van der Waals surface area contributed by atoms with Crippen molar-refractivity contribution in [2.24, 2.45) is 0 Å². The minimum atomic E-state index is -0.469. The van der Waals surface area contributed by atoms with E-state index in [-0.39, 0.29) is 20.3 Å². The normalized spacial score (nSPS) is 14.9. The summed E-state index contributed by atoms with van der Waals surface area (Å²) < 4.78 is 21.4. The van der Waals surface area contributed by atoms with Gasteiger partial charge in [0, 0.05) is 18.7 Å². The zero-order chi connectivity index (χ0) is 22.7.